The molecule has 1 N–H and O–H groups in total. The first kappa shape index (κ1) is 21.3. The lowest BCUT2D eigenvalue weighted by Gasteiger charge is -2.09. The van der Waals surface area contributed by atoms with Gasteiger partial charge >= 0.3 is 5.97 Å². The summed E-state index contributed by atoms with van der Waals surface area (Å²) in [4.78, 5) is 22.7. The van der Waals surface area contributed by atoms with Gasteiger partial charge in [0.25, 0.3) is 0 Å². The molecular weight excluding hydrogens is 360 g/mol. The molecule has 150 valence electrons. The summed E-state index contributed by atoms with van der Waals surface area (Å²) in [6.45, 7) is 2.62. The molecule has 0 amide bonds. The number of carbonyl (C=O) groups excluding carboxylic acids is 1. The van der Waals surface area contributed by atoms with E-state index in [1.807, 2.05) is 12.1 Å². The number of hydrogen-bond donors (Lipinski definition) is 1. The Morgan fingerprint density at radius 1 is 0.750 bits per heavy atom. The van der Waals surface area contributed by atoms with Crippen molar-refractivity contribution >= 4 is 11.8 Å². The van der Waals surface area contributed by atoms with E-state index in [0.29, 0.717) is 18.1 Å². The lowest BCUT2D eigenvalue weighted by molar-refractivity contribution is -0.123. The van der Waals surface area contributed by atoms with Gasteiger partial charge in [-0.25, -0.2) is 4.79 Å². The van der Waals surface area contributed by atoms with E-state index in [1.54, 1.807) is 12.1 Å². The molecule has 0 aliphatic rings. The molecule has 0 spiro atoms. The average molecular weight is 386 g/mol. The number of carboxylic acids is 1. The minimum absolute atomic E-state index is 0.107. The van der Waals surface area contributed by atoms with Crippen LogP contribution in [0.15, 0.2) is 48.5 Å². The van der Waals surface area contributed by atoms with Crippen LogP contribution >= 0.6 is 0 Å². The maximum absolute atomic E-state index is 11.9. The number of carboxylic acid groups (broad SMARTS) is 1. The molecule has 6 heteroatoms. The summed E-state index contributed by atoms with van der Waals surface area (Å²) in [6, 6.07) is 13.0. The van der Waals surface area contributed by atoms with Gasteiger partial charge in [0.05, 0.1) is 12.2 Å². The minimum atomic E-state index is -1.01. The number of benzene rings is 2. The Hall–Kier alpha value is -3.02. The van der Waals surface area contributed by atoms with Gasteiger partial charge in [-0.3, -0.25) is 4.79 Å². The van der Waals surface area contributed by atoms with Gasteiger partial charge in [0, 0.05) is 0 Å². The fourth-order valence-corrected chi connectivity index (χ4v) is 2.41. The van der Waals surface area contributed by atoms with E-state index in [9.17, 15) is 9.59 Å². The lowest BCUT2D eigenvalue weighted by atomic mass is 10.2. The molecule has 2 aromatic carbocycles. The lowest BCUT2D eigenvalue weighted by Crippen LogP contribution is -2.19. The van der Waals surface area contributed by atoms with E-state index in [2.05, 4.69) is 6.92 Å². The van der Waals surface area contributed by atoms with Gasteiger partial charge in [-0.15, -0.1) is 0 Å². The number of ketones is 1. The fourth-order valence-electron chi connectivity index (χ4n) is 2.41. The van der Waals surface area contributed by atoms with Crippen LogP contribution in [0.3, 0.4) is 0 Å². The zero-order chi connectivity index (χ0) is 20.2. The number of hydrogen-bond acceptors (Lipinski definition) is 5. The van der Waals surface area contributed by atoms with Gasteiger partial charge < -0.3 is 19.3 Å². The highest BCUT2D eigenvalue weighted by molar-refractivity contribution is 5.87. The largest absolute Gasteiger partial charge is 0.494 e. The van der Waals surface area contributed by atoms with E-state index >= 15 is 0 Å². The Morgan fingerprint density at radius 3 is 1.75 bits per heavy atom. The van der Waals surface area contributed by atoms with E-state index < -0.39 is 5.97 Å². The highest BCUT2D eigenvalue weighted by Gasteiger charge is 2.07. The number of ether oxygens (including phenoxy) is 3. The summed E-state index contributed by atoms with van der Waals surface area (Å²) in [6.07, 6.45) is 4.64. The molecule has 0 aromatic heterocycles. The van der Waals surface area contributed by atoms with Crippen LogP contribution < -0.4 is 14.2 Å². The second-order valence-electron chi connectivity index (χ2n) is 6.33. The molecule has 6 nitrogen and oxygen atoms in total. The topological polar surface area (TPSA) is 82.1 Å². The van der Waals surface area contributed by atoms with Crippen molar-refractivity contribution in [2.45, 2.75) is 32.6 Å². The van der Waals surface area contributed by atoms with Gasteiger partial charge in [0.15, 0.2) is 0 Å². The molecule has 0 bridgehead atoms. The van der Waals surface area contributed by atoms with E-state index in [4.69, 9.17) is 19.3 Å². The minimum Gasteiger partial charge on any atom is -0.494 e. The third kappa shape index (κ3) is 7.70. The molecule has 0 atom stereocenters. The average Bonchev–Trinajstić information content (AvgIpc) is 2.71. The molecule has 0 fully saturated rings. The molecule has 0 aliphatic heterocycles. The zero-order valence-corrected chi connectivity index (χ0v) is 16.1. The molecule has 0 saturated heterocycles. The monoisotopic (exact) mass is 386 g/mol. The van der Waals surface area contributed by atoms with Crippen molar-refractivity contribution in [2.75, 3.05) is 19.8 Å². The smallest absolute Gasteiger partial charge is 0.335 e. The van der Waals surface area contributed by atoms with Crippen molar-refractivity contribution in [2.24, 2.45) is 0 Å². The van der Waals surface area contributed by atoms with Crippen molar-refractivity contribution in [1.29, 1.82) is 0 Å². The third-order valence-electron chi connectivity index (χ3n) is 3.99. The van der Waals surface area contributed by atoms with Gasteiger partial charge in [-0.05, 0) is 55.0 Å². The third-order valence-corrected chi connectivity index (χ3v) is 3.99. The summed E-state index contributed by atoms with van der Waals surface area (Å²) >= 11 is 0. The Balaban J connectivity index is 1.67. The molecule has 28 heavy (non-hydrogen) atoms. The molecule has 0 saturated carbocycles. The van der Waals surface area contributed by atoms with E-state index in [-0.39, 0.29) is 24.6 Å². The summed E-state index contributed by atoms with van der Waals surface area (Å²) in [7, 11) is 0. The van der Waals surface area contributed by atoms with E-state index in [1.165, 1.54) is 43.5 Å². The predicted molar refractivity (Wildman–Crippen MR) is 105 cm³/mol. The SMILES string of the molecule is CCCCCCOc1ccc(OCC(=O)COc2ccc(C(=O)O)cc2)cc1. The molecule has 0 unspecified atom stereocenters. The Morgan fingerprint density at radius 2 is 1.25 bits per heavy atom. The van der Waals surface area contributed by atoms with Crippen LogP contribution in [0, 0.1) is 0 Å². The highest BCUT2D eigenvalue weighted by atomic mass is 16.5. The Labute approximate surface area is 165 Å². The molecule has 0 aliphatic carbocycles. The fraction of sp³-hybridized carbons (Fsp3) is 0.364. The molecule has 2 rings (SSSR count). The highest BCUT2D eigenvalue weighted by Crippen LogP contribution is 2.18. The molecule has 0 radical (unpaired) electrons. The molecular formula is C22H26O6. The van der Waals surface area contributed by atoms with Crippen LogP contribution in [0.4, 0.5) is 0 Å². The maximum atomic E-state index is 11.9. The van der Waals surface area contributed by atoms with Gasteiger partial charge in [0.2, 0.25) is 5.78 Å². The second kappa shape index (κ2) is 11.6. The summed E-state index contributed by atoms with van der Waals surface area (Å²) in [5, 5.41) is 8.84. The van der Waals surface area contributed by atoms with Crippen molar-refractivity contribution in [3.8, 4) is 17.2 Å². The quantitative estimate of drug-likeness (QED) is 0.515. The van der Waals surface area contributed by atoms with Crippen molar-refractivity contribution in [1.82, 2.24) is 0 Å². The second-order valence-corrected chi connectivity index (χ2v) is 6.33. The first-order chi connectivity index (χ1) is 13.6. The van der Waals surface area contributed by atoms with Gasteiger partial charge in [-0.2, -0.15) is 0 Å². The molecule has 0 heterocycles. The summed E-state index contributed by atoms with van der Waals surface area (Å²) in [5.41, 5.74) is 0.162. The maximum Gasteiger partial charge on any atom is 0.335 e. The van der Waals surface area contributed by atoms with Crippen LogP contribution in [0.5, 0.6) is 17.2 Å². The first-order valence-electron chi connectivity index (χ1n) is 9.42. The summed E-state index contributed by atoms with van der Waals surface area (Å²) < 4.78 is 16.5. The van der Waals surface area contributed by atoms with Gasteiger partial charge in [-0.1, -0.05) is 26.2 Å². The Kier molecular flexibility index (Phi) is 8.85. The number of carbonyl (C=O) groups is 2. The van der Waals surface area contributed by atoms with E-state index in [0.717, 1.165) is 12.2 Å². The number of Topliss-reactive ketones (excluding diaryl/α,β-unsaturated/α-hetero) is 1. The summed E-state index contributed by atoms with van der Waals surface area (Å²) in [5.74, 6) is 0.557. The normalized spacial score (nSPS) is 10.3. The number of aromatic carboxylic acids is 1. The van der Waals surface area contributed by atoms with Crippen LogP contribution in [0.1, 0.15) is 43.0 Å². The predicted octanol–water partition coefficient (Wildman–Crippen LogP) is 4.37. The number of unbranched alkanes of at least 4 members (excludes halogenated alkanes) is 3. The van der Waals surface area contributed by atoms with Crippen molar-refractivity contribution < 1.29 is 28.9 Å². The van der Waals surface area contributed by atoms with Crippen molar-refractivity contribution in [3.63, 3.8) is 0 Å². The van der Waals surface area contributed by atoms with Crippen LogP contribution in [-0.4, -0.2) is 36.7 Å². The number of rotatable bonds is 13. The molecule has 2 aromatic rings. The zero-order valence-electron chi connectivity index (χ0n) is 16.1. The van der Waals surface area contributed by atoms with Crippen LogP contribution in [0.2, 0.25) is 0 Å². The first-order valence-corrected chi connectivity index (χ1v) is 9.42. The van der Waals surface area contributed by atoms with Crippen molar-refractivity contribution in [3.05, 3.63) is 54.1 Å². The van der Waals surface area contributed by atoms with Crippen LogP contribution in [0.25, 0.3) is 0 Å². The Bertz CT molecular complexity index is 737. The van der Waals surface area contributed by atoms with Gasteiger partial charge in [0.1, 0.15) is 30.5 Å². The standard InChI is InChI=1S/C22H26O6/c1-2-3-4-5-14-26-19-10-12-21(13-11-19)28-16-18(23)15-27-20-8-6-17(7-9-20)22(24)25/h6-13H,2-5,14-16H2,1H3,(H,24,25). The van der Waals surface area contributed by atoms with Crippen LogP contribution in [-0.2, 0) is 4.79 Å².